The fraction of sp³-hybridized carbons (Fsp3) is 0.125. The van der Waals surface area contributed by atoms with Crippen molar-refractivity contribution in [1.29, 1.82) is 0 Å². The van der Waals surface area contributed by atoms with Crippen LogP contribution in [0.1, 0.15) is 11.3 Å². The standard InChI is InChI=1S/C16H13FN2O2S2/c1-10-8-22-16(19-10)13-3-2-6-18-15(13)11-4-5-12(9-23(20)21)14(17)7-11/h2-8H,9H2,1H3,(H,20,21). The fourth-order valence-corrected chi connectivity index (χ4v) is 3.55. The van der Waals surface area contributed by atoms with E-state index in [1.807, 2.05) is 24.4 Å². The van der Waals surface area contributed by atoms with Crippen LogP contribution in [0.25, 0.3) is 21.8 Å². The zero-order chi connectivity index (χ0) is 16.4. The summed E-state index contributed by atoms with van der Waals surface area (Å²) in [6.07, 6.45) is 1.65. The molecule has 0 aliphatic heterocycles. The van der Waals surface area contributed by atoms with E-state index in [9.17, 15) is 8.60 Å². The Labute approximate surface area is 139 Å². The Morgan fingerprint density at radius 1 is 1.35 bits per heavy atom. The number of benzene rings is 1. The Morgan fingerprint density at radius 2 is 2.17 bits per heavy atom. The maximum atomic E-state index is 14.1. The Hall–Kier alpha value is -1.96. The highest BCUT2D eigenvalue weighted by Gasteiger charge is 2.14. The molecule has 2 heterocycles. The van der Waals surface area contributed by atoms with Crippen LogP contribution < -0.4 is 0 Å². The van der Waals surface area contributed by atoms with Crippen LogP contribution in [0, 0.1) is 12.7 Å². The highest BCUT2D eigenvalue weighted by atomic mass is 32.2. The van der Waals surface area contributed by atoms with Gasteiger partial charge in [-0.25, -0.2) is 13.6 Å². The molecular formula is C16H13FN2O2S2. The lowest BCUT2D eigenvalue weighted by Crippen LogP contribution is -1.97. The summed E-state index contributed by atoms with van der Waals surface area (Å²) in [6, 6.07) is 8.28. The van der Waals surface area contributed by atoms with Crippen LogP contribution >= 0.6 is 11.3 Å². The molecule has 0 aliphatic rings. The van der Waals surface area contributed by atoms with E-state index in [4.69, 9.17) is 4.55 Å². The second-order valence-corrected chi connectivity index (χ2v) is 6.76. The van der Waals surface area contributed by atoms with Crippen LogP contribution in [0.5, 0.6) is 0 Å². The Morgan fingerprint density at radius 3 is 2.83 bits per heavy atom. The predicted octanol–water partition coefficient (Wildman–Crippen LogP) is 4.04. The molecule has 0 saturated heterocycles. The lowest BCUT2D eigenvalue weighted by molar-refractivity contribution is 0.559. The molecule has 3 rings (SSSR count). The summed E-state index contributed by atoms with van der Waals surface area (Å²) in [4.78, 5) is 8.81. The predicted molar refractivity (Wildman–Crippen MR) is 90.0 cm³/mol. The molecule has 1 aromatic carbocycles. The molecule has 0 saturated carbocycles. The van der Waals surface area contributed by atoms with Crippen LogP contribution in [0.15, 0.2) is 41.9 Å². The first kappa shape index (κ1) is 15.9. The van der Waals surface area contributed by atoms with Crippen LogP contribution in [0.3, 0.4) is 0 Å². The first-order valence-corrected chi connectivity index (χ1v) is 8.94. The van der Waals surface area contributed by atoms with Gasteiger partial charge in [0.1, 0.15) is 10.8 Å². The molecule has 0 aliphatic carbocycles. The summed E-state index contributed by atoms with van der Waals surface area (Å²) < 4.78 is 33.9. The van der Waals surface area contributed by atoms with E-state index >= 15 is 0 Å². The lowest BCUT2D eigenvalue weighted by atomic mass is 10.0. The van der Waals surface area contributed by atoms with E-state index in [0.29, 0.717) is 11.3 Å². The van der Waals surface area contributed by atoms with Crippen LogP contribution in [0.4, 0.5) is 4.39 Å². The van der Waals surface area contributed by atoms with Gasteiger partial charge in [-0.2, -0.15) is 0 Å². The third-order valence-electron chi connectivity index (χ3n) is 3.26. The molecular weight excluding hydrogens is 335 g/mol. The maximum absolute atomic E-state index is 14.1. The monoisotopic (exact) mass is 348 g/mol. The molecule has 1 atom stereocenters. The van der Waals surface area contributed by atoms with Gasteiger partial charge >= 0.3 is 0 Å². The van der Waals surface area contributed by atoms with Gasteiger partial charge in [-0.1, -0.05) is 12.1 Å². The van der Waals surface area contributed by atoms with Crippen molar-refractivity contribution in [3.63, 3.8) is 0 Å². The SMILES string of the molecule is Cc1csc(-c2cccnc2-c2ccc(CS(=O)O)c(F)c2)n1. The highest BCUT2D eigenvalue weighted by molar-refractivity contribution is 7.78. The van der Waals surface area contributed by atoms with Crippen molar-refractivity contribution in [3.05, 3.63) is 59.0 Å². The number of rotatable bonds is 4. The van der Waals surface area contributed by atoms with E-state index in [2.05, 4.69) is 9.97 Å². The topological polar surface area (TPSA) is 63.1 Å². The van der Waals surface area contributed by atoms with Crippen molar-refractivity contribution >= 4 is 22.4 Å². The third-order valence-corrected chi connectivity index (χ3v) is 4.81. The van der Waals surface area contributed by atoms with Crippen molar-refractivity contribution < 1.29 is 13.2 Å². The second kappa shape index (κ2) is 6.66. The molecule has 3 aromatic rings. The van der Waals surface area contributed by atoms with Gasteiger partial charge in [-0.05, 0) is 25.1 Å². The summed E-state index contributed by atoms with van der Waals surface area (Å²) in [7, 11) is 0. The van der Waals surface area contributed by atoms with Crippen molar-refractivity contribution in [1.82, 2.24) is 9.97 Å². The minimum absolute atomic E-state index is 0.206. The molecule has 0 fully saturated rings. The van der Waals surface area contributed by atoms with E-state index in [1.54, 1.807) is 12.3 Å². The fourth-order valence-electron chi connectivity index (χ4n) is 2.23. The summed E-state index contributed by atoms with van der Waals surface area (Å²) in [6.45, 7) is 1.92. The number of pyridine rings is 1. The zero-order valence-corrected chi connectivity index (χ0v) is 13.8. The number of halogens is 1. The average molecular weight is 348 g/mol. The van der Waals surface area contributed by atoms with Gasteiger partial charge in [0.25, 0.3) is 0 Å². The largest absolute Gasteiger partial charge is 0.306 e. The summed E-state index contributed by atoms with van der Waals surface area (Å²) in [5.74, 6) is -0.746. The first-order valence-electron chi connectivity index (χ1n) is 6.78. The van der Waals surface area contributed by atoms with Crippen LogP contribution in [-0.4, -0.2) is 18.7 Å². The molecule has 4 nitrogen and oxygen atoms in total. The Kier molecular flexibility index (Phi) is 4.61. The Bertz CT molecular complexity index is 880. The molecule has 2 aromatic heterocycles. The van der Waals surface area contributed by atoms with E-state index in [-0.39, 0.29) is 11.3 Å². The quantitative estimate of drug-likeness (QED) is 0.723. The lowest BCUT2D eigenvalue weighted by Gasteiger charge is -2.08. The van der Waals surface area contributed by atoms with Gasteiger partial charge in [0.2, 0.25) is 0 Å². The van der Waals surface area contributed by atoms with Crippen molar-refractivity contribution in [2.75, 3.05) is 0 Å². The van der Waals surface area contributed by atoms with E-state index < -0.39 is 16.9 Å². The molecule has 0 bridgehead atoms. The van der Waals surface area contributed by atoms with E-state index in [0.717, 1.165) is 16.3 Å². The molecule has 23 heavy (non-hydrogen) atoms. The van der Waals surface area contributed by atoms with Gasteiger partial charge < -0.3 is 4.55 Å². The Balaban J connectivity index is 2.06. The maximum Gasteiger partial charge on any atom is 0.157 e. The van der Waals surface area contributed by atoms with Gasteiger partial charge in [-0.3, -0.25) is 4.98 Å². The molecule has 1 N–H and O–H groups in total. The molecule has 7 heteroatoms. The van der Waals surface area contributed by atoms with Gasteiger partial charge in [0, 0.05) is 34.0 Å². The molecule has 1 unspecified atom stereocenters. The minimum atomic E-state index is -2.07. The van der Waals surface area contributed by atoms with Gasteiger partial charge in [-0.15, -0.1) is 11.3 Å². The van der Waals surface area contributed by atoms with Gasteiger partial charge in [0.15, 0.2) is 11.1 Å². The zero-order valence-electron chi connectivity index (χ0n) is 12.2. The molecule has 0 amide bonds. The first-order chi connectivity index (χ1) is 11.0. The number of aromatic nitrogens is 2. The van der Waals surface area contributed by atoms with Crippen molar-refractivity contribution in [2.24, 2.45) is 0 Å². The number of hydrogen-bond donors (Lipinski definition) is 1. The number of nitrogens with zero attached hydrogens (tertiary/aromatic N) is 2. The van der Waals surface area contributed by atoms with Gasteiger partial charge in [0.05, 0.1) is 11.4 Å². The molecule has 0 spiro atoms. The number of hydrogen-bond acceptors (Lipinski definition) is 4. The van der Waals surface area contributed by atoms with Crippen LogP contribution in [0.2, 0.25) is 0 Å². The minimum Gasteiger partial charge on any atom is -0.306 e. The highest BCUT2D eigenvalue weighted by Crippen LogP contribution is 2.32. The van der Waals surface area contributed by atoms with Crippen molar-refractivity contribution in [2.45, 2.75) is 12.7 Å². The molecule has 118 valence electrons. The second-order valence-electron chi connectivity index (χ2n) is 4.97. The summed E-state index contributed by atoms with van der Waals surface area (Å²) in [5.41, 5.74) is 3.21. The number of thiazole rings is 1. The number of aryl methyl sites for hydroxylation is 1. The third kappa shape index (κ3) is 3.52. The van der Waals surface area contributed by atoms with E-state index in [1.165, 1.54) is 23.5 Å². The summed E-state index contributed by atoms with van der Waals surface area (Å²) >= 11 is -0.564. The van der Waals surface area contributed by atoms with Crippen molar-refractivity contribution in [3.8, 4) is 21.8 Å². The average Bonchev–Trinajstić information content (AvgIpc) is 2.95. The van der Waals surface area contributed by atoms with Crippen LogP contribution in [-0.2, 0) is 16.8 Å². The smallest absolute Gasteiger partial charge is 0.157 e. The molecule has 0 radical (unpaired) electrons. The summed E-state index contributed by atoms with van der Waals surface area (Å²) in [5, 5.41) is 2.78. The normalized spacial score (nSPS) is 12.3.